The maximum absolute atomic E-state index is 13.1. The van der Waals surface area contributed by atoms with Crippen molar-refractivity contribution in [3.63, 3.8) is 0 Å². The lowest BCUT2D eigenvalue weighted by molar-refractivity contribution is -0.274. The van der Waals surface area contributed by atoms with Crippen LogP contribution in [-0.2, 0) is 0 Å². The highest BCUT2D eigenvalue weighted by Crippen LogP contribution is 2.34. The summed E-state index contributed by atoms with van der Waals surface area (Å²) in [5, 5.41) is 11.7. The fraction of sp³-hybridized carbons (Fsp3) is 0.300. The van der Waals surface area contributed by atoms with Gasteiger partial charge in [0.25, 0.3) is 0 Å². The average Bonchev–Trinajstić information content (AvgIpc) is 3.22. The number of imidazole rings is 1. The third kappa shape index (κ3) is 5.06. The highest BCUT2D eigenvalue weighted by molar-refractivity contribution is 5.60. The summed E-state index contributed by atoms with van der Waals surface area (Å²) in [6.45, 7) is 3.08. The van der Waals surface area contributed by atoms with E-state index in [0.717, 1.165) is 13.1 Å². The van der Waals surface area contributed by atoms with Gasteiger partial charge in [0.05, 0.1) is 24.3 Å². The van der Waals surface area contributed by atoms with Gasteiger partial charge in [0.2, 0.25) is 0 Å². The number of ether oxygens (including phenoxy) is 1. The molecule has 2 aromatic heterocycles. The van der Waals surface area contributed by atoms with Crippen molar-refractivity contribution in [2.75, 3.05) is 43.4 Å². The van der Waals surface area contributed by atoms with Crippen LogP contribution in [0.5, 0.6) is 5.75 Å². The molecule has 0 amide bonds. The number of nitrogens with one attached hydrogen (secondary N) is 1. The molecule has 166 valence electrons. The molecule has 3 aromatic rings. The largest absolute Gasteiger partial charge is 0.573 e. The predicted octanol–water partition coefficient (Wildman–Crippen LogP) is 2.93. The van der Waals surface area contributed by atoms with Gasteiger partial charge in [-0.25, -0.2) is 15.0 Å². The summed E-state index contributed by atoms with van der Waals surface area (Å²) in [4.78, 5) is 16.3. The number of nitriles is 1. The van der Waals surface area contributed by atoms with Crippen molar-refractivity contribution in [1.82, 2.24) is 24.4 Å². The molecule has 0 spiro atoms. The van der Waals surface area contributed by atoms with Gasteiger partial charge in [0.15, 0.2) is 11.4 Å². The van der Waals surface area contributed by atoms with Gasteiger partial charge < -0.3 is 24.4 Å². The van der Waals surface area contributed by atoms with E-state index in [1.807, 2.05) is 18.0 Å². The second-order valence-electron chi connectivity index (χ2n) is 7.18. The Morgan fingerprint density at radius 1 is 1.06 bits per heavy atom. The van der Waals surface area contributed by atoms with Crippen LogP contribution in [-0.4, -0.2) is 64.0 Å². The zero-order chi connectivity index (χ0) is 22.7. The monoisotopic (exact) mass is 444 g/mol. The van der Waals surface area contributed by atoms with Gasteiger partial charge in [-0.2, -0.15) is 5.26 Å². The number of anilines is 3. The van der Waals surface area contributed by atoms with Gasteiger partial charge in [-0.3, -0.25) is 0 Å². The average molecular weight is 444 g/mol. The number of hydrogen-bond acceptors (Lipinski definition) is 8. The van der Waals surface area contributed by atoms with Crippen LogP contribution in [0.25, 0.3) is 5.69 Å². The molecule has 4 rings (SSSR count). The van der Waals surface area contributed by atoms with Gasteiger partial charge >= 0.3 is 6.36 Å². The van der Waals surface area contributed by atoms with Crippen LogP contribution in [0.15, 0.2) is 43.1 Å². The molecule has 1 N–H and O–H groups in total. The Hall–Kier alpha value is -3.85. The summed E-state index contributed by atoms with van der Waals surface area (Å²) in [5.74, 6) is 0.354. The van der Waals surface area contributed by atoms with E-state index >= 15 is 0 Å². The number of likely N-dealkylation sites (N-methyl/N-ethyl adjacent to an activating group) is 1. The molecule has 1 fully saturated rings. The summed E-state index contributed by atoms with van der Waals surface area (Å²) in [5.41, 5.74) is 1.01. The van der Waals surface area contributed by atoms with E-state index in [4.69, 9.17) is 5.26 Å². The Morgan fingerprint density at radius 2 is 1.84 bits per heavy atom. The first-order valence-corrected chi connectivity index (χ1v) is 9.67. The lowest BCUT2D eigenvalue weighted by Gasteiger charge is -2.34. The lowest BCUT2D eigenvalue weighted by atomic mass is 10.2. The van der Waals surface area contributed by atoms with Crippen LogP contribution < -0.4 is 15.0 Å². The van der Waals surface area contributed by atoms with E-state index in [1.54, 1.807) is 12.1 Å². The van der Waals surface area contributed by atoms with E-state index in [-0.39, 0.29) is 17.1 Å². The fourth-order valence-electron chi connectivity index (χ4n) is 3.28. The number of piperazine rings is 1. The topological polar surface area (TPSA) is 95.1 Å². The van der Waals surface area contributed by atoms with E-state index in [0.29, 0.717) is 30.4 Å². The maximum atomic E-state index is 13.1. The molecule has 9 nitrogen and oxygen atoms in total. The molecule has 1 aromatic carbocycles. The zero-order valence-electron chi connectivity index (χ0n) is 17.0. The first-order valence-electron chi connectivity index (χ1n) is 9.67. The highest BCUT2D eigenvalue weighted by atomic mass is 19.4. The third-order valence-corrected chi connectivity index (χ3v) is 4.92. The molecule has 0 saturated carbocycles. The summed E-state index contributed by atoms with van der Waals surface area (Å²) >= 11 is 0. The van der Waals surface area contributed by atoms with Crippen molar-refractivity contribution in [3.05, 3.63) is 48.8 Å². The number of alkyl halides is 3. The van der Waals surface area contributed by atoms with Crippen molar-refractivity contribution >= 4 is 17.3 Å². The van der Waals surface area contributed by atoms with Crippen molar-refractivity contribution < 1.29 is 17.9 Å². The Balaban J connectivity index is 1.59. The number of benzene rings is 1. The normalized spacial score (nSPS) is 14.8. The second kappa shape index (κ2) is 8.72. The number of rotatable bonds is 5. The van der Waals surface area contributed by atoms with E-state index < -0.39 is 6.36 Å². The summed E-state index contributed by atoms with van der Waals surface area (Å²) in [6, 6.07) is 6.60. The number of aromatic nitrogens is 4. The minimum absolute atomic E-state index is 0.162. The minimum atomic E-state index is -4.84. The molecule has 0 radical (unpaired) electrons. The summed E-state index contributed by atoms with van der Waals surface area (Å²) < 4.78 is 45.1. The van der Waals surface area contributed by atoms with Crippen molar-refractivity contribution in [2.45, 2.75) is 6.36 Å². The van der Waals surface area contributed by atoms with Crippen LogP contribution >= 0.6 is 0 Å². The van der Waals surface area contributed by atoms with Gasteiger partial charge in [-0.15, -0.1) is 13.2 Å². The molecule has 0 bridgehead atoms. The second-order valence-corrected chi connectivity index (χ2v) is 7.18. The Kier molecular flexibility index (Phi) is 5.83. The molecule has 3 heterocycles. The van der Waals surface area contributed by atoms with E-state index in [2.05, 4.69) is 29.9 Å². The van der Waals surface area contributed by atoms with Crippen molar-refractivity contribution in [3.8, 4) is 17.5 Å². The first kappa shape index (κ1) is 21.4. The summed E-state index contributed by atoms with van der Waals surface area (Å²) in [7, 11) is 2.01. The minimum Gasteiger partial charge on any atom is -0.403 e. The molecule has 12 heteroatoms. The molecular formula is C20H19F3N8O. The molecule has 1 saturated heterocycles. The predicted molar refractivity (Wildman–Crippen MR) is 110 cm³/mol. The molecule has 0 atom stereocenters. The SMILES string of the molecule is CN1CCN(c2ccc(-n3cnc(Nc4cnc(C#N)cn4)c3)c(OC(F)(F)F)c2)CC1. The van der Waals surface area contributed by atoms with Gasteiger partial charge in [-0.05, 0) is 19.2 Å². The van der Waals surface area contributed by atoms with E-state index in [9.17, 15) is 13.2 Å². The van der Waals surface area contributed by atoms with Crippen LogP contribution in [0.1, 0.15) is 5.69 Å². The number of halogens is 3. The van der Waals surface area contributed by atoms with Gasteiger partial charge in [0, 0.05) is 37.9 Å². The molecule has 0 unspecified atom stereocenters. The maximum Gasteiger partial charge on any atom is 0.573 e. The first-order chi connectivity index (χ1) is 15.3. The smallest absolute Gasteiger partial charge is 0.403 e. The lowest BCUT2D eigenvalue weighted by Crippen LogP contribution is -2.44. The Bertz CT molecular complexity index is 1120. The molecular weight excluding hydrogens is 425 g/mol. The van der Waals surface area contributed by atoms with Gasteiger partial charge in [0.1, 0.15) is 24.0 Å². The third-order valence-electron chi connectivity index (χ3n) is 4.92. The molecule has 32 heavy (non-hydrogen) atoms. The number of nitrogens with zero attached hydrogens (tertiary/aromatic N) is 7. The standard InChI is InChI=1S/C20H19F3N8O/c1-29-4-6-30(7-5-29)15-2-3-16(17(8-15)32-20(21,22)23)31-12-19(27-13-31)28-18-11-25-14(9-24)10-26-18/h2-3,8,10-13H,4-7H2,1H3,(H,26,28). The Labute approximate surface area is 181 Å². The van der Waals surface area contributed by atoms with Crippen LogP contribution in [0.2, 0.25) is 0 Å². The molecule has 0 aliphatic carbocycles. The summed E-state index contributed by atoms with van der Waals surface area (Å²) in [6.07, 6.45) is 0.697. The zero-order valence-corrected chi connectivity index (χ0v) is 17.0. The van der Waals surface area contributed by atoms with E-state index in [1.165, 1.54) is 35.6 Å². The van der Waals surface area contributed by atoms with Crippen LogP contribution in [0, 0.1) is 11.3 Å². The molecule has 1 aliphatic heterocycles. The van der Waals surface area contributed by atoms with Crippen molar-refractivity contribution in [2.24, 2.45) is 0 Å². The van der Waals surface area contributed by atoms with Gasteiger partial charge in [-0.1, -0.05) is 0 Å². The number of hydrogen-bond donors (Lipinski definition) is 1. The Morgan fingerprint density at radius 3 is 2.50 bits per heavy atom. The quantitative estimate of drug-likeness (QED) is 0.642. The fourth-order valence-corrected chi connectivity index (χ4v) is 3.28. The molecule has 1 aliphatic rings. The highest BCUT2D eigenvalue weighted by Gasteiger charge is 2.33. The van der Waals surface area contributed by atoms with Crippen LogP contribution in [0.4, 0.5) is 30.5 Å². The van der Waals surface area contributed by atoms with Crippen LogP contribution in [0.3, 0.4) is 0 Å². The van der Waals surface area contributed by atoms with Crippen molar-refractivity contribution in [1.29, 1.82) is 5.26 Å².